The zero-order chi connectivity index (χ0) is 22.2. The lowest BCUT2D eigenvalue weighted by Gasteiger charge is -2.22. The van der Waals surface area contributed by atoms with Gasteiger partial charge in [0.15, 0.2) is 5.96 Å². The van der Waals surface area contributed by atoms with Crippen LogP contribution in [0.1, 0.15) is 61.6 Å². The molecular weight excluding hydrogens is 411 g/mol. The predicted octanol–water partition coefficient (Wildman–Crippen LogP) is 3.88. The van der Waals surface area contributed by atoms with Crippen LogP contribution in [-0.4, -0.2) is 38.8 Å². The van der Waals surface area contributed by atoms with E-state index in [1.165, 1.54) is 11.0 Å². The van der Waals surface area contributed by atoms with Crippen LogP contribution in [0.25, 0.3) is 11.4 Å². The molecule has 4 rings (SSSR count). The summed E-state index contributed by atoms with van der Waals surface area (Å²) in [4.78, 5) is 5.63. The summed E-state index contributed by atoms with van der Waals surface area (Å²) in [5, 5.41) is 21.7. The van der Waals surface area contributed by atoms with E-state index < -0.39 is 23.9 Å². The lowest BCUT2D eigenvalue weighted by molar-refractivity contribution is -0.138. The average molecular weight is 437 g/mol. The quantitative estimate of drug-likeness (QED) is 0.483. The molecule has 0 spiro atoms. The van der Waals surface area contributed by atoms with Crippen LogP contribution in [0.15, 0.2) is 22.7 Å². The lowest BCUT2D eigenvalue weighted by Crippen LogP contribution is -2.37. The Morgan fingerprint density at radius 1 is 1.26 bits per heavy atom. The minimum absolute atomic E-state index is 0.00504. The Labute approximate surface area is 177 Å². The zero-order valence-electron chi connectivity index (χ0n) is 17.0. The monoisotopic (exact) mass is 437 g/mol. The number of hydrogen-bond acceptors (Lipinski definition) is 5. The highest BCUT2D eigenvalue weighted by molar-refractivity contribution is 5.75. The first-order chi connectivity index (χ1) is 14.7. The fourth-order valence-corrected chi connectivity index (χ4v) is 4.67. The third-order valence-corrected chi connectivity index (χ3v) is 6.34. The number of rotatable bonds is 5. The minimum atomic E-state index is -4.49. The number of guanidine groups is 1. The lowest BCUT2D eigenvalue weighted by atomic mass is 9.94. The summed E-state index contributed by atoms with van der Waals surface area (Å²) in [7, 11) is 0. The molecule has 0 amide bonds. The molecule has 1 aromatic heterocycles. The smallest absolute Gasteiger partial charge is 0.390 e. The van der Waals surface area contributed by atoms with Gasteiger partial charge in [-0.05, 0) is 36.8 Å². The maximum atomic E-state index is 13.7. The van der Waals surface area contributed by atoms with Crippen LogP contribution in [0.4, 0.5) is 13.2 Å². The summed E-state index contributed by atoms with van der Waals surface area (Å²) in [6.07, 6.45) is 0.676. The van der Waals surface area contributed by atoms with Crippen molar-refractivity contribution < 1.29 is 22.8 Å². The van der Waals surface area contributed by atoms with Crippen molar-refractivity contribution in [1.29, 1.82) is 5.41 Å². The molecule has 2 fully saturated rings. The van der Waals surface area contributed by atoms with Gasteiger partial charge < -0.3 is 20.3 Å². The van der Waals surface area contributed by atoms with E-state index in [1.807, 2.05) is 0 Å². The van der Waals surface area contributed by atoms with Crippen molar-refractivity contribution in [2.24, 2.45) is 11.7 Å². The number of nitrogens with two attached hydrogens (primary N) is 1. The SMILES string of the molecule is N=C(N)N1CC[C@H](O)[C@H]1c1nc(-c2ccc(CCC3CCCC3)c(C(F)(F)F)c2)no1. The van der Waals surface area contributed by atoms with Crippen molar-refractivity contribution in [2.75, 3.05) is 6.54 Å². The van der Waals surface area contributed by atoms with E-state index in [1.54, 1.807) is 6.07 Å². The number of aromatic nitrogens is 2. The Balaban J connectivity index is 1.59. The summed E-state index contributed by atoms with van der Waals surface area (Å²) in [6, 6.07) is 3.34. The number of aliphatic hydroxyl groups excluding tert-OH is 1. The third kappa shape index (κ3) is 4.53. The maximum Gasteiger partial charge on any atom is 0.416 e. The molecule has 2 aliphatic rings. The Morgan fingerprint density at radius 3 is 2.68 bits per heavy atom. The van der Waals surface area contributed by atoms with E-state index in [-0.39, 0.29) is 28.8 Å². The molecule has 31 heavy (non-hydrogen) atoms. The van der Waals surface area contributed by atoms with Crippen LogP contribution in [-0.2, 0) is 12.6 Å². The van der Waals surface area contributed by atoms with Gasteiger partial charge >= 0.3 is 6.18 Å². The number of likely N-dealkylation sites (tertiary alicyclic amines) is 1. The first kappa shape index (κ1) is 21.6. The third-order valence-electron chi connectivity index (χ3n) is 6.34. The van der Waals surface area contributed by atoms with Crippen molar-refractivity contribution in [1.82, 2.24) is 15.0 Å². The van der Waals surface area contributed by atoms with Crippen LogP contribution >= 0.6 is 0 Å². The summed E-state index contributed by atoms with van der Waals surface area (Å²) in [5.74, 6) is 0.286. The van der Waals surface area contributed by atoms with Crippen molar-refractivity contribution in [3.05, 3.63) is 35.2 Å². The van der Waals surface area contributed by atoms with Crippen LogP contribution in [0.5, 0.6) is 0 Å². The molecule has 1 saturated heterocycles. The van der Waals surface area contributed by atoms with Crippen molar-refractivity contribution >= 4 is 5.96 Å². The number of halogens is 3. The van der Waals surface area contributed by atoms with Crippen LogP contribution < -0.4 is 5.73 Å². The Bertz CT molecular complexity index is 939. The molecule has 1 aromatic carbocycles. The average Bonchev–Trinajstić information content (AvgIpc) is 3.46. The second-order valence-corrected chi connectivity index (χ2v) is 8.39. The van der Waals surface area contributed by atoms with Crippen molar-refractivity contribution in [3.8, 4) is 11.4 Å². The van der Waals surface area contributed by atoms with Gasteiger partial charge in [-0.15, -0.1) is 0 Å². The van der Waals surface area contributed by atoms with E-state index in [2.05, 4.69) is 10.1 Å². The summed E-state index contributed by atoms with van der Waals surface area (Å²) in [5.41, 5.74) is 5.33. The molecule has 2 aromatic rings. The van der Waals surface area contributed by atoms with E-state index in [4.69, 9.17) is 15.7 Å². The highest BCUT2D eigenvalue weighted by Gasteiger charge is 2.39. The van der Waals surface area contributed by atoms with Gasteiger partial charge in [0.2, 0.25) is 5.82 Å². The number of nitrogens with zero attached hydrogens (tertiary/aromatic N) is 3. The molecule has 1 aliphatic heterocycles. The van der Waals surface area contributed by atoms with E-state index in [9.17, 15) is 18.3 Å². The second-order valence-electron chi connectivity index (χ2n) is 8.39. The molecule has 10 heteroatoms. The van der Waals surface area contributed by atoms with Crippen molar-refractivity contribution in [3.63, 3.8) is 0 Å². The number of aryl methyl sites for hydroxylation is 1. The highest BCUT2D eigenvalue weighted by atomic mass is 19.4. The van der Waals surface area contributed by atoms with Gasteiger partial charge in [-0.3, -0.25) is 5.41 Å². The molecule has 0 radical (unpaired) electrons. The van der Waals surface area contributed by atoms with Crippen LogP contribution in [0, 0.1) is 11.3 Å². The molecule has 2 heterocycles. The number of benzene rings is 1. The molecule has 0 bridgehead atoms. The van der Waals surface area contributed by atoms with Gasteiger partial charge in [-0.2, -0.15) is 18.2 Å². The number of nitrogens with one attached hydrogen (secondary N) is 1. The van der Waals surface area contributed by atoms with Crippen LogP contribution in [0.3, 0.4) is 0 Å². The predicted molar refractivity (Wildman–Crippen MR) is 107 cm³/mol. The summed E-state index contributed by atoms with van der Waals surface area (Å²) < 4.78 is 46.5. The van der Waals surface area contributed by atoms with Crippen molar-refractivity contribution in [2.45, 2.75) is 63.3 Å². The van der Waals surface area contributed by atoms with E-state index in [0.717, 1.165) is 38.2 Å². The molecule has 0 unspecified atom stereocenters. The van der Waals surface area contributed by atoms with Gasteiger partial charge in [0, 0.05) is 12.1 Å². The topological polar surface area (TPSA) is 112 Å². The Morgan fingerprint density at radius 2 is 2.00 bits per heavy atom. The molecule has 7 nitrogen and oxygen atoms in total. The van der Waals surface area contributed by atoms with E-state index >= 15 is 0 Å². The molecular formula is C21H26F3N5O2. The normalized spacial score (nSPS) is 22.4. The van der Waals surface area contributed by atoms with Gasteiger partial charge in [0.05, 0.1) is 11.7 Å². The molecule has 2 atom stereocenters. The Hall–Kier alpha value is -2.62. The standard InChI is InChI=1S/C21H26F3N5O2/c22-21(23,24)15-11-14(8-7-13(15)6-5-12-3-1-2-4-12)18-27-19(31-28-18)17-16(30)9-10-29(17)20(25)26/h7-8,11-12,16-17,30H,1-6,9-10H2,(H3,25,26)/t16-,17-/m0/s1. The van der Waals surface area contributed by atoms with Crippen LogP contribution in [0.2, 0.25) is 0 Å². The maximum absolute atomic E-state index is 13.7. The highest BCUT2D eigenvalue weighted by Crippen LogP contribution is 2.37. The first-order valence-corrected chi connectivity index (χ1v) is 10.6. The fourth-order valence-electron chi connectivity index (χ4n) is 4.67. The number of alkyl halides is 3. The first-order valence-electron chi connectivity index (χ1n) is 10.6. The molecule has 1 saturated carbocycles. The number of hydrogen-bond donors (Lipinski definition) is 3. The minimum Gasteiger partial charge on any atom is -0.390 e. The Kier molecular flexibility index (Phi) is 5.92. The van der Waals surface area contributed by atoms with E-state index in [0.29, 0.717) is 25.3 Å². The molecule has 4 N–H and O–H groups in total. The second kappa shape index (κ2) is 8.49. The van der Waals surface area contributed by atoms with Gasteiger partial charge in [-0.25, -0.2) is 0 Å². The molecule has 168 valence electrons. The van der Waals surface area contributed by atoms with Gasteiger partial charge in [-0.1, -0.05) is 43.0 Å². The zero-order valence-corrected chi connectivity index (χ0v) is 17.0. The molecule has 1 aliphatic carbocycles. The van der Waals surface area contributed by atoms with Gasteiger partial charge in [0.1, 0.15) is 6.04 Å². The number of aliphatic hydroxyl groups is 1. The largest absolute Gasteiger partial charge is 0.416 e. The summed E-state index contributed by atoms with van der Waals surface area (Å²) >= 11 is 0. The fraction of sp³-hybridized carbons (Fsp3) is 0.571. The van der Waals surface area contributed by atoms with Gasteiger partial charge in [0.25, 0.3) is 5.89 Å². The summed E-state index contributed by atoms with van der Waals surface area (Å²) in [6.45, 7) is 0.354.